The van der Waals surface area contributed by atoms with Crippen LogP contribution in [0.15, 0.2) is 35.7 Å². The van der Waals surface area contributed by atoms with Gasteiger partial charge in [-0.2, -0.15) is 0 Å². The predicted octanol–water partition coefficient (Wildman–Crippen LogP) is 2.90. The van der Waals surface area contributed by atoms with Crippen LogP contribution in [0.1, 0.15) is 31.0 Å². The summed E-state index contributed by atoms with van der Waals surface area (Å²) < 4.78 is 0. The molecule has 2 heterocycles. The summed E-state index contributed by atoms with van der Waals surface area (Å²) in [4.78, 5) is 32.5. The lowest BCUT2D eigenvalue weighted by molar-refractivity contribution is -0.130. The topological polar surface area (TPSA) is 53.5 Å². The summed E-state index contributed by atoms with van der Waals surface area (Å²) in [7, 11) is 0. The summed E-state index contributed by atoms with van der Waals surface area (Å²) in [6, 6.07) is 10.2. The van der Waals surface area contributed by atoms with Gasteiger partial charge in [0.15, 0.2) is 5.13 Å². The number of aromatic nitrogens is 1. The Kier molecular flexibility index (Phi) is 5.81. The van der Waals surface area contributed by atoms with Gasteiger partial charge >= 0.3 is 0 Å². The molecule has 0 aliphatic carbocycles. The van der Waals surface area contributed by atoms with Gasteiger partial charge in [0.25, 0.3) is 0 Å². The van der Waals surface area contributed by atoms with Gasteiger partial charge in [0.2, 0.25) is 11.8 Å². The van der Waals surface area contributed by atoms with Gasteiger partial charge in [-0.05, 0) is 25.3 Å². The normalized spacial score (nSPS) is 14.1. The number of carbonyl (C=O) groups excluding carboxylic acids is 2. The molecule has 0 unspecified atom stereocenters. The molecule has 0 saturated carbocycles. The Bertz CT molecular complexity index is 729. The Morgan fingerprint density at radius 2 is 2.12 bits per heavy atom. The van der Waals surface area contributed by atoms with Crippen LogP contribution >= 0.6 is 11.3 Å². The number of anilines is 1. The van der Waals surface area contributed by atoms with Gasteiger partial charge in [0, 0.05) is 31.4 Å². The summed E-state index contributed by atoms with van der Waals surface area (Å²) in [6.07, 6.45) is 2.62. The molecular weight excluding hydrogens is 334 g/mol. The minimum atomic E-state index is 0.0861. The Morgan fingerprint density at radius 1 is 1.32 bits per heavy atom. The number of nitrogens with zero attached hydrogens (tertiary/aromatic N) is 3. The molecule has 0 atom stereocenters. The fourth-order valence-electron chi connectivity index (χ4n) is 2.99. The maximum Gasteiger partial charge on any atom is 0.228 e. The zero-order chi connectivity index (χ0) is 17.6. The van der Waals surface area contributed by atoms with E-state index in [0.717, 1.165) is 30.2 Å². The highest BCUT2D eigenvalue weighted by Gasteiger charge is 2.24. The molecule has 5 nitrogen and oxygen atoms in total. The zero-order valence-electron chi connectivity index (χ0n) is 14.5. The molecule has 1 aliphatic rings. The standard InChI is InChI=1S/C19H23N3O2S/c1-2-21(12-10-15-7-4-3-5-8-15)18(24)13-16-14-25-19(20-16)22-11-6-9-17(22)23/h3-5,7-8,14H,2,6,9-13H2,1H3. The van der Waals surface area contributed by atoms with E-state index in [1.165, 1.54) is 16.9 Å². The molecule has 1 aromatic carbocycles. The molecule has 3 rings (SSSR count). The highest BCUT2D eigenvalue weighted by molar-refractivity contribution is 7.14. The average molecular weight is 357 g/mol. The van der Waals surface area contributed by atoms with Crippen LogP contribution in [0.5, 0.6) is 0 Å². The molecule has 1 fully saturated rings. The fourth-order valence-corrected chi connectivity index (χ4v) is 3.85. The Labute approximate surface area is 152 Å². The molecule has 1 aromatic heterocycles. The lowest BCUT2D eigenvalue weighted by atomic mass is 10.1. The third-order valence-electron chi connectivity index (χ3n) is 4.42. The van der Waals surface area contributed by atoms with E-state index in [9.17, 15) is 9.59 Å². The number of carbonyl (C=O) groups is 2. The van der Waals surface area contributed by atoms with Crippen molar-refractivity contribution in [3.63, 3.8) is 0 Å². The molecule has 25 heavy (non-hydrogen) atoms. The van der Waals surface area contributed by atoms with Gasteiger partial charge in [-0.3, -0.25) is 14.5 Å². The lowest BCUT2D eigenvalue weighted by Gasteiger charge is -2.20. The molecule has 0 bridgehead atoms. The molecule has 0 spiro atoms. The highest BCUT2D eigenvalue weighted by atomic mass is 32.1. The van der Waals surface area contributed by atoms with Crippen LogP contribution in [0, 0.1) is 0 Å². The minimum Gasteiger partial charge on any atom is -0.342 e. The van der Waals surface area contributed by atoms with Crippen molar-refractivity contribution in [1.82, 2.24) is 9.88 Å². The van der Waals surface area contributed by atoms with Crippen molar-refractivity contribution in [2.45, 2.75) is 32.6 Å². The van der Waals surface area contributed by atoms with Crippen LogP contribution in [0.2, 0.25) is 0 Å². The predicted molar refractivity (Wildman–Crippen MR) is 99.8 cm³/mol. The Balaban J connectivity index is 1.56. The van der Waals surface area contributed by atoms with Crippen LogP contribution in [0.3, 0.4) is 0 Å². The van der Waals surface area contributed by atoms with Crippen molar-refractivity contribution in [3.8, 4) is 0 Å². The Morgan fingerprint density at radius 3 is 2.80 bits per heavy atom. The number of hydrogen-bond acceptors (Lipinski definition) is 4. The van der Waals surface area contributed by atoms with Crippen LogP contribution < -0.4 is 4.90 Å². The zero-order valence-corrected chi connectivity index (χ0v) is 15.3. The third-order valence-corrected chi connectivity index (χ3v) is 5.34. The molecule has 0 N–H and O–H groups in total. The van der Waals surface area contributed by atoms with Gasteiger partial charge in [-0.1, -0.05) is 30.3 Å². The van der Waals surface area contributed by atoms with E-state index in [4.69, 9.17) is 0 Å². The summed E-state index contributed by atoms with van der Waals surface area (Å²) in [5.41, 5.74) is 1.99. The first-order valence-corrected chi connectivity index (χ1v) is 9.62. The second-order valence-electron chi connectivity index (χ2n) is 6.16. The maximum atomic E-state index is 12.6. The molecule has 1 aliphatic heterocycles. The van der Waals surface area contributed by atoms with Gasteiger partial charge in [-0.25, -0.2) is 4.98 Å². The first kappa shape index (κ1) is 17.6. The highest BCUT2D eigenvalue weighted by Crippen LogP contribution is 2.25. The summed E-state index contributed by atoms with van der Waals surface area (Å²) >= 11 is 1.45. The van der Waals surface area contributed by atoms with Crippen molar-refractivity contribution >= 4 is 28.3 Å². The number of thiazole rings is 1. The van der Waals surface area contributed by atoms with E-state index < -0.39 is 0 Å². The lowest BCUT2D eigenvalue weighted by Crippen LogP contribution is -2.34. The van der Waals surface area contributed by atoms with E-state index in [1.54, 1.807) is 4.90 Å². The van der Waals surface area contributed by atoms with E-state index in [-0.39, 0.29) is 11.8 Å². The molecule has 132 valence electrons. The van der Waals surface area contributed by atoms with E-state index in [1.807, 2.05) is 35.4 Å². The maximum absolute atomic E-state index is 12.6. The minimum absolute atomic E-state index is 0.0861. The first-order chi connectivity index (χ1) is 12.2. The van der Waals surface area contributed by atoms with Crippen molar-refractivity contribution < 1.29 is 9.59 Å². The number of rotatable bonds is 7. The fraction of sp³-hybridized carbons (Fsp3) is 0.421. The van der Waals surface area contributed by atoms with Gasteiger partial charge in [-0.15, -0.1) is 11.3 Å². The average Bonchev–Trinajstić information content (AvgIpc) is 3.25. The van der Waals surface area contributed by atoms with Crippen LogP contribution in [0.4, 0.5) is 5.13 Å². The number of benzene rings is 1. The van der Waals surface area contributed by atoms with Crippen LogP contribution in [0.25, 0.3) is 0 Å². The van der Waals surface area contributed by atoms with Crippen molar-refractivity contribution in [2.75, 3.05) is 24.5 Å². The molecule has 0 radical (unpaired) electrons. The molecule has 1 saturated heterocycles. The largest absolute Gasteiger partial charge is 0.342 e. The SMILES string of the molecule is CCN(CCc1ccccc1)C(=O)Cc1csc(N2CCCC2=O)n1. The molecular formula is C19H23N3O2S. The summed E-state index contributed by atoms with van der Waals surface area (Å²) in [5.74, 6) is 0.216. The van der Waals surface area contributed by atoms with E-state index in [0.29, 0.717) is 25.9 Å². The quantitative estimate of drug-likeness (QED) is 0.766. The molecule has 6 heteroatoms. The van der Waals surface area contributed by atoms with Gasteiger partial charge < -0.3 is 4.90 Å². The second-order valence-corrected chi connectivity index (χ2v) is 6.99. The first-order valence-electron chi connectivity index (χ1n) is 8.74. The summed E-state index contributed by atoms with van der Waals surface area (Å²) in [5, 5.41) is 2.61. The second kappa shape index (κ2) is 8.25. The Hall–Kier alpha value is -2.21. The molecule has 2 aromatic rings. The number of hydrogen-bond donors (Lipinski definition) is 0. The summed E-state index contributed by atoms with van der Waals surface area (Å²) in [6.45, 7) is 4.13. The van der Waals surface area contributed by atoms with Gasteiger partial charge in [0.1, 0.15) is 0 Å². The van der Waals surface area contributed by atoms with Crippen LogP contribution in [-0.2, 0) is 22.4 Å². The van der Waals surface area contributed by atoms with Crippen molar-refractivity contribution in [3.05, 3.63) is 47.0 Å². The smallest absolute Gasteiger partial charge is 0.228 e. The van der Waals surface area contributed by atoms with E-state index in [2.05, 4.69) is 17.1 Å². The number of likely N-dealkylation sites (N-methyl/N-ethyl adjacent to an activating group) is 1. The van der Waals surface area contributed by atoms with Crippen molar-refractivity contribution in [1.29, 1.82) is 0 Å². The number of amides is 2. The monoisotopic (exact) mass is 357 g/mol. The van der Waals surface area contributed by atoms with Crippen molar-refractivity contribution in [2.24, 2.45) is 0 Å². The third kappa shape index (κ3) is 4.45. The van der Waals surface area contributed by atoms with Crippen LogP contribution in [-0.4, -0.2) is 41.3 Å². The van der Waals surface area contributed by atoms with Gasteiger partial charge in [0.05, 0.1) is 12.1 Å². The van der Waals surface area contributed by atoms with E-state index >= 15 is 0 Å². The molecule has 2 amide bonds.